The highest BCUT2D eigenvalue weighted by Crippen LogP contribution is 2.22. The Morgan fingerprint density at radius 1 is 1.19 bits per heavy atom. The summed E-state index contributed by atoms with van der Waals surface area (Å²) in [4.78, 5) is 27.1. The van der Waals surface area contributed by atoms with Crippen molar-refractivity contribution in [3.63, 3.8) is 0 Å². The number of hydrogen-bond donors (Lipinski definition) is 2. The lowest BCUT2D eigenvalue weighted by Gasteiger charge is -2.31. The van der Waals surface area contributed by atoms with Crippen LogP contribution in [0.2, 0.25) is 0 Å². The number of para-hydroxylation sites is 1. The molecule has 2 atom stereocenters. The Kier molecular flexibility index (Phi) is 7.10. The van der Waals surface area contributed by atoms with Gasteiger partial charge in [0.05, 0.1) is 18.4 Å². The van der Waals surface area contributed by atoms with E-state index in [-0.39, 0.29) is 23.7 Å². The maximum atomic E-state index is 12.6. The molecule has 27 heavy (non-hydrogen) atoms. The number of rotatable bonds is 7. The minimum Gasteiger partial charge on any atom is -0.494 e. The molecule has 2 unspecified atom stereocenters. The molecule has 0 spiro atoms. The number of nitrogens with zero attached hydrogens (tertiary/aromatic N) is 1. The van der Waals surface area contributed by atoms with Crippen LogP contribution in [-0.4, -0.2) is 56.0 Å². The van der Waals surface area contributed by atoms with Crippen molar-refractivity contribution < 1.29 is 14.3 Å². The van der Waals surface area contributed by atoms with Crippen LogP contribution in [0.5, 0.6) is 5.75 Å². The molecule has 0 aliphatic carbocycles. The Hall–Kier alpha value is -2.08. The lowest BCUT2D eigenvalue weighted by atomic mass is 9.89. The Morgan fingerprint density at radius 3 is 2.70 bits per heavy atom. The van der Waals surface area contributed by atoms with E-state index in [1.165, 1.54) is 0 Å². The van der Waals surface area contributed by atoms with Crippen molar-refractivity contribution in [1.29, 1.82) is 0 Å². The van der Waals surface area contributed by atoms with Crippen molar-refractivity contribution in [1.82, 2.24) is 15.5 Å². The smallest absolute Gasteiger partial charge is 0.226 e. The van der Waals surface area contributed by atoms with Crippen LogP contribution in [0.3, 0.4) is 0 Å². The molecule has 6 nitrogen and oxygen atoms in total. The number of amides is 2. The molecule has 3 rings (SSSR count). The lowest BCUT2D eigenvalue weighted by molar-refractivity contribution is -0.136. The summed E-state index contributed by atoms with van der Waals surface area (Å²) in [5.41, 5.74) is 1.10. The van der Waals surface area contributed by atoms with Crippen molar-refractivity contribution in [2.24, 2.45) is 11.8 Å². The molecular formula is C21H31N3O3. The largest absolute Gasteiger partial charge is 0.494 e. The summed E-state index contributed by atoms with van der Waals surface area (Å²) in [5.74, 6) is 0.909. The van der Waals surface area contributed by atoms with Gasteiger partial charge < -0.3 is 20.3 Å². The Balaban J connectivity index is 1.47. The monoisotopic (exact) mass is 373 g/mol. The fourth-order valence-electron chi connectivity index (χ4n) is 4.00. The molecule has 0 saturated carbocycles. The van der Waals surface area contributed by atoms with Gasteiger partial charge in [0.1, 0.15) is 5.75 Å². The van der Waals surface area contributed by atoms with Crippen LogP contribution in [0.25, 0.3) is 0 Å². The van der Waals surface area contributed by atoms with Crippen LogP contribution in [-0.2, 0) is 16.0 Å². The number of carbonyl (C=O) groups is 2. The van der Waals surface area contributed by atoms with Crippen LogP contribution >= 0.6 is 0 Å². The molecule has 1 aromatic rings. The van der Waals surface area contributed by atoms with Gasteiger partial charge in [-0.05, 0) is 44.2 Å². The SMILES string of the molecule is CCOc1ccccc1CCNC(=O)C1CNCC(C(=O)N2CCCC2)C1. The molecule has 2 heterocycles. The lowest BCUT2D eigenvalue weighted by Crippen LogP contribution is -2.49. The van der Waals surface area contributed by atoms with Gasteiger partial charge in [-0.2, -0.15) is 0 Å². The normalized spacial score (nSPS) is 22.5. The summed E-state index contributed by atoms with van der Waals surface area (Å²) < 4.78 is 5.64. The van der Waals surface area contributed by atoms with Gasteiger partial charge in [0.2, 0.25) is 11.8 Å². The van der Waals surface area contributed by atoms with Gasteiger partial charge >= 0.3 is 0 Å². The van der Waals surface area contributed by atoms with E-state index in [1.807, 2.05) is 36.1 Å². The van der Waals surface area contributed by atoms with Crippen molar-refractivity contribution in [3.05, 3.63) is 29.8 Å². The molecular weight excluding hydrogens is 342 g/mol. The van der Waals surface area contributed by atoms with E-state index in [0.717, 1.165) is 43.7 Å². The third kappa shape index (κ3) is 5.22. The zero-order valence-electron chi connectivity index (χ0n) is 16.2. The molecule has 148 valence electrons. The maximum Gasteiger partial charge on any atom is 0.226 e. The molecule has 1 aromatic carbocycles. The van der Waals surface area contributed by atoms with Crippen LogP contribution in [0.4, 0.5) is 0 Å². The second-order valence-corrected chi connectivity index (χ2v) is 7.40. The first-order valence-electron chi connectivity index (χ1n) is 10.2. The molecule has 6 heteroatoms. The Labute approximate surface area is 161 Å². The first-order valence-corrected chi connectivity index (χ1v) is 10.2. The highest BCUT2D eigenvalue weighted by molar-refractivity contribution is 5.83. The van der Waals surface area contributed by atoms with Crippen molar-refractivity contribution in [2.45, 2.75) is 32.6 Å². The van der Waals surface area contributed by atoms with Crippen LogP contribution in [0, 0.1) is 11.8 Å². The maximum absolute atomic E-state index is 12.6. The molecule has 2 saturated heterocycles. The topological polar surface area (TPSA) is 70.7 Å². The standard InChI is InChI=1S/C21H31N3O3/c1-2-27-19-8-4-3-7-16(19)9-10-23-20(25)17-13-18(15-22-14-17)21(26)24-11-5-6-12-24/h3-4,7-8,17-18,22H,2,5-6,9-15H2,1H3,(H,23,25). The second kappa shape index (κ2) is 9.74. The van der Waals surface area contributed by atoms with E-state index in [9.17, 15) is 9.59 Å². The van der Waals surface area contributed by atoms with E-state index < -0.39 is 0 Å². The quantitative estimate of drug-likeness (QED) is 0.762. The highest BCUT2D eigenvalue weighted by Gasteiger charge is 2.33. The molecule has 0 aromatic heterocycles. The Morgan fingerprint density at radius 2 is 1.93 bits per heavy atom. The van der Waals surface area contributed by atoms with E-state index in [1.54, 1.807) is 0 Å². The third-order valence-electron chi connectivity index (χ3n) is 5.45. The van der Waals surface area contributed by atoms with Crippen LogP contribution in [0.15, 0.2) is 24.3 Å². The zero-order valence-corrected chi connectivity index (χ0v) is 16.2. The number of carbonyl (C=O) groups excluding carboxylic acids is 2. The average molecular weight is 373 g/mol. The first kappa shape index (κ1) is 19.7. The summed E-state index contributed by atoms with van der Waals surface area (Å²) in [5, 5.41) is 6.32. The minimum absolute atomic E-state index is 0.0373. The summed E-state index contributed by atoms with van der Waals surface area (Å²) in [6.07, 6.45) is 3.57. The van der Waals surface area contributed by atoms with Gasteiger partial charge in [-0.15, -0.1) is 0 Å². The van der Waals surface area contributed by atoms with Gasteiger partial charge in [0, 0.05) is 32.7 Å². The van der Waals surface area contributed by atoms with E-state index in [4.69, 9.17) is 4.74 Å². The van der Waals surface area contributed by atoms with Crippen molar-refractivity contribution in [2.75, 3.05) is 39.3 Å². The summed E-state index contributed by atoms with van der Waals surface area (Å²) in [7, 11) is 0. The number of likely N-dealkylation sites (tertiary alicyclic amines) is 1. The third-order valence-corrected chi connectivity index (χ3v) is 5.45. The predicted octanol–water partition coefficient (Wildman–Crippen LogP) is 1.59. The summed E-state index contributed by atoms with van der Waals surface area (Å²) in [6.45, 7) is 6.23. The minimum atomic E-state index is -0.141. The number of piperidine rings is 1. The van der Waals surface area contributed by atoms with Gasteiger partial charge in [0.25, 0.3) is 0 Å². The molecule has 2 aliphatic rings. The number of ether oxygens (including phenoxy) is 1. The zero-order chi connectivity index (χ0) is 19.1. The molecule has 2 amide bonds. The van der Waals surface area contributed by atoms with Gasteiger partial charge in [-0.3, -0.25) is 9.59 Å². The van der Waals surface area contributed by atoms with E-state index in [2.05, 4.69) is 10.6 Å². The molecule has 2 fully saturated rings. The second-order valence-electron chi connectivity index (χ2n) is 7.40. The number of hydrogen-bond acceptors (Lipinski definition) is 4. The Bertz CT molecular complexity index is 643. The van der Waals surface area contributed by atoms with Crippen LogP contribution in [0.1, 0.15) is 31.7 Å². The predicted molar refractivity (Wildman–Crippen MR) is 105 cm³/mol. The van der Waals surface area contributed by atoms with Gasteiger partial charge in [-0.1, -0.05) is 18.2 Å². The fourth-order valence-corrected chi connectivity index (χ4v) is 4.00. The fraction of sp³-hybridized carbons (Fsp3) is 0.619. The molecule has 0 radical (unpaired) electrons. The number of benzene rings is 1. The molecule has 2 N–H and O–H groups in total. The summed E-state index contributed by atoms with van der Waals surface area (Å²) in [6, 6.07) is 7.93. The first-order chi connectivity index (χ1) is 13.2. The molecule has 2 aliphatic heterocycles. The van der Waals surface area contributed by atoms with Crippen molar-refractivity contribution in [3.8, 4) is 5.75 Å². The van der Waals surface area contributed by atoms with E-state index >= 15 is 0 Å². The highest BCUT2D eigenvalue weighted by atomic mass is 16.5. The molecule has 0 bridgehead atoms. The van der Waals surface area contributed by atoms with Crippen LogP contribution < -0.4 is 15.4 Å². The summed E-state index contributed by atoms with van der Waals surface area (Å²) >= 11 is 0. The van der Waals surface area contributed by atoms with Gasteiger partial charge in [-0.25, -0.2) is 0 Å². The average Bonchev–Trinajstić information content (AvgIpc) is 3.24. The van der Waals surface area contributed by atoms with Gasteiger partial charge in [0.15, 0.2) is 0 Å². The van der Waals surface area contributed by atoms with Crippen molar-refractivity contribution >= 4 is 11.8 Å². The number of nitrogens with one attached hydrogen (secondary N) is 2. The van der Waals surface area contributed by atoms with E-state index in [0.29, 0.717) is 32.7 Å².